The molecule has 1 amide bonds. The Morgan fingerprint density at radius 2 is 2.38 bits per heavy atom. The van der Waals surface area contributed by atoms with Crippen LogP contribution in [-0.4, -0.2) is 23.2 Å². The molecule has 16 heavy (non-hydrogen) atoms. The Hall–Kier alpha value is -2.37. The first-order valence-electron chi connectivity index (χ1n) is 4.52. The maximum atomic E-state index is 11.6. The fourth-order valence-corrected chi connectivity index (χ4v) is 1.08. The molecule has 0 aliphatic carbocycles. The molecule has 2 aromatic heterocycles. The van der Waals surface area contributed by atoms with Gasteiger partial charge >= 0.3 is 0 Å². The summed E-state index contributed by atoms with van der Waals surface area (Å²) < 4.78 is 9.57. The van der Waals surface area contributed by atoms with Gasteiger partial charge in [-0.1, -0.05) is 6.07 Å². The van der Waals surface area contributed by atoms with Gasteiger partial charge in [0.2, 0.25) is 5.76 Å². The molecule has 2 aromatic rings. The molecule has 0 radical (unpaired) electrons. The largest absolute Gasteiger partial charge is 0.479 e. The van der Waals surface area contributed by atoms with Crippen LogP contribution in [0, 0.1) is 0 Å². The van der Waals surface area contributed by atoms with Crippen molar-refractivity contribution in [1.82, 2.24) is 10.1 Å². The molecule has 0 unspecified atom stereocenters. The van der Waals surface area contributed by atoms with Gasteiger partial charge in [0, 0.05) is 6.20 Å². The van der Waals surface area contributed by atoms with Gasteiger partial charge in [-0.3, -0.25) is 4.79 Å². The van der Waals surface area contributed by atoms with Gasteiger partial charge in [0.15, 0.2) is 0 Å². The van der Waals surface area contributed by atoms with Gasteiger partial charge in [0.05, 0.1) is 13.2 Å². The number of carbonyl (C=O) groups excluding carboxylic acids is 1. The second-order valence-electron chi connectivity index (χ2n) is 2.90. The van der Waals surface area contributed by atoms with E-state index in [1.54, 1.807) is 24.4 Å². The Morgan fingerprint density at radius 3 is 3.00 bits per heavy atom. The van der Waals surface area contributed by atoms with Crippen LogP contribution in [0.3, 0.4) is 0 Å². The first-order chi connectivity index (χ1) is 7.79. The second kappa shape index (κ2) is 4.43. The first kappa shape index (κ1) is 10.2. The van der Waals surface area contributed by atoms with Gasteiger partial charge in [-0.15, -0.1) is 0 Å². The summed E-state index contributed by atoms with van der Waals surface area (Å²) in [5.74, 6) is 0.353. The SMILES string of the molecule is COc1cc(C(=O)Nc2ccccn2)on1. The van der Waals surface area contributed by atoms with E-state index in [2.05, 4.69) is 15.5 Å². The number of pyridine rings is 1. The molecule has 0 aromatic carbocycles. The number of methoxy groups -OCH3 is 1. The Balaban J connectivity index is 2.09. The highest BCUT2D eigenvalue weighted by atomic mass is 16.5. The monoisotopic (exact) mass is 219 g/mol. The lowest BCUT2D eigenvalue weighted by molar-refractivity contribution is 0.0987. The highest BCUT2D eigenvalue weighted by molar-refractivity contribution is 6.01. The molecule has 6 nitrogen and oxygen atoms in total. The van der Waals surface area contributed by atoms with Gasteiger partial charge in [-0.2, -0.15) is 0 Å². The summed E-state index contributed by atoms with van der Waals surface area (Å²) in [4.78, 5) is 15.5. The van der Waals surface area contributed by atoms with Crippen LogP contribution < -0.4 is 10.1 Å². The van der Waals surface area contributed by atoms with Crippen molar-refractivity contribution in [2.75, 3.05) is 12.4 Å². The molecule has 82 valence electrons. The third kappa shape index (κ3) is 2.17. The Bertz CT molecular complexity index is 481. The topological polar surface area (TPSA) is 77.2 Å². The number of ether oxygens (including phenoxy) is 1. The van der Waals surface area contributed by atoms with E-state index in [1.807, 2.05) is 0 Å². The Morgan fingerprint density at radius 1 is 1.50 bits per heavy atom. The third-order valence-electron chi connectivity index (χ3n) is 1.83. The van der Waals surface area contributed by atoms with E-state index in [4.69, 9.17) is 9.26 Å². The molecule has 0 aliphatic rings. The van der Waals surface area contributed by atoms with Crippen molar-refractivity contribution in [1.29, 1.82) is 0 Å². The lowest BCUT2D eigenvalue weighted by Gasteiger charge is -1.99. The number of anilines is 1. The van der Waals surface area contributed by atoms with Crippen LogP contribution in [0.2, 0.25) is 0 Å². The van der Waals surface area contributed by atoms with Crippen molar-refractivity contribution in [2.45, 2.75) is 0 Å². The molecule has 0 spiro atoms. The number of rotatable bonds is 3. The molecule has 0 atom stereocenters. The van der Waals surface area contributed by atoms with Gasteiger partial charge in [-0.25, -0.2) is 4.98 Å². The Kier molecular flexibility index (Phi) is 2.81. The predicted molar refractivity (Wildman–Crippen MR) is 55.2 cm³/mol. The van der Waals surface area contributed by atoms with E-state index in [0.717, 1.165) is 0 Å². The minimum atomic E-state index is -0.422. The lowest BCUT2D eigenvalue weighted by atomic mass is 10.4. The van der Waals surface area contributed by atoms with E-state index in [0.29, 0.717) is 5.82 Å². The summed E-state index contributed by atoms with van der Waals surface area (Å²) >= 11 is 0. The number of carbonyl (C=O) groups is 1. The number of hydrogen-bond acceptors (Lipinski definition) is 5. The summed E-state index contributed by atoms with van der Waals surface area (Å²) in [5.41, 5.74) is 0. The van der Waals surface area contributed by atoms with E-state index in [1.165, 1.54) is 13.2 Å². The van der Waals surface area contributed by atoms with E-state index >= 15 is 0 Å². The van der Waals surface area contributed by atoms with Crippen LogP contribution in [0.5, 0.6) is 5.88 Å². The maximum Gasteiger partial charge on any atom is 0.295 e. The minimum Gasteiger partial charge on any atom is -0.479 e. The zero-order valence-corrected chi connectivity index (χ0v) is 8.51. The molecular weight excluding hydrogens is 210 g/mol. The predicted octanol–water partition coefficient (Wildman–Crippen LogP) is 1.33. The van der Waals surface area contributed by atoms with Gasteiger partial charge in [0.1, 0.15) is 5.82 Å². The zero-order chi connectivity index (χ0) is 11.4. The average molecular weight is 219 g/mol. The van der Waals surface area contributed by atoms with Crippen LogP contribution in [0.4, 0.5) is 5.82 Å². The average Bonchev–Trinajstić information content (AvgIpc) is 2.79. The quantitative estimate of drug-likeness (QED) is 0.842. The zero-order valence-electron chi connectivity index (χ0n) is 8.51. The molecule has 0 saturated heterocycles. The van der Waals surface area contributed by atoms with Crippen molar-refractivity contribution in [3.63, 3.8) is 0 Å². The lowest BCUT2D eigenvalue weighted by Crippen LogP contribution is -2.11. The number of nitrogens with one attached hydrogen (secondary N) is 1. The highest BCUT2D eigenvalue weighted by Crippen LogP contribution is 2.12. The molecular formula is C10H9N3O3. The van der Waals surface area contributed by atoms with Crippen molar-refractivity contribution >= 4 is 11.7 Å². The molecule has 0 aliphatic heterocycles. The van der Waals surface area contributed by atoms with E-state index < -0.39 is 5.91 Å². The molecule has 0 saturated carbocycles. The number of aromatic nitrogens is 2. The van der Waals surface area contributed by atoms with Crippen molar-refractivity contribution < 1.29 is 14.1 Å². The molecule has 2 rings (SSSR count). The van der Waals surface area contributed by atoms with Gasteiger partial charge in [-0.05, 0) is 17.3 Å². The molecule has 6 heteroatoms. The van der Waals surface area contributed by atoms with Crippen LogP contribution in [0.1, 0.15) is 10.6 Å². The highest BCUT2D eigenvalue weighted by Gasteiger charge is 2.13. The van der Waals surface area contributed by atoms with E-state index in [-0.39, 0.29) is 11.6 Å². The number of hydrogen-bond donors (Lipinski definition) is 1. The van der Waals surface area contributed by atoms with Gasteiger partial charge < -0.3 is 14.6 Å². The van der Waals surface area contributed by atoms with Crippen LogP contribution in [0.25, 0.3) is 0 Å². The molecule has 0 bridgehead atoms. The second-order valence-corrected chi connectivity index (χ2v) is 2.90. The number of nitrogens with zero attached hydrogens (tertiary/aromatic N) is 2. The maximum absolute atomic E-state index is 11.6. The smallest absolute Gasteiger partial charge is 0.295 e. The van der Waals surface area contributed by atoms with E-state index in [9.17, 15) is 4.79 Å². The van der Waals surface area contributed by atoms with Crippen molar-refractivity contribution in [3.8, 4) is 5.88 Å². The van der Waals surface area contributed by atoms with Crippen LogP contribution >= 0.6 is 0 Å². The number of amides is 1. The fraction of sp³-hybridized carbons (Fsp3) is 0.100. The summed E-state index contributed by atoms with van der Waals surface area (Å²) in [6, 6.07) is 6.60. The molecule has 2 heterocycles. The summed E-state index contributed by atoms with van der Waals surface area (Å²) in [6.45, 7) is 0. The molecule has 0 fully saturated rings. The van der Waals surface area contributed by atoms with Crippen molar-refractivity contribution in [2.24, 2.45) is 0 Å². The summed E-state index contributed by atoms with van der Waals surface area (Å²) in [5, 5.41) is 6.08. The normalized spacial score (nSPS) is 9.81. The Labute approximate surface area is 91.2 Å². The van der Waals surface area contributed by atoms with Gasteiger partial charge in [0.25, 0.3) is 11.8 Å². The minimum absolute atomic E-state index is 0.0718. The fourth-order valence-electron chi connectivity index (χ4n) is 1.08. The third-order valence-corrected chi connectivity index (χ3v) is 1.83. The van der Waals surface area contributed by atoms with Crippen molar-refractivity contribution in [3.05, 3.63) is 36.2 Å². The van der Waals surface area contributed by atoms with Crippen LogP contribution in [0.15, 0.2) is 35.0 Å². The van der Waals surface area contributed by atoms with Crippen LogP contribution in [-0.2, 0) is 0 Å². The summed E-state index contributed by atoms with van der Waals surface area (Å²) in [7, 11) is 1.44. The summed E-state index contributed by atoms with van der Waals surface area (Å²) in [6.07, 6.45) is 1.58. The molecule has 1 N–H and O–H groups in total. The standard InChI is InChI=1S/C10H9N3O3/c1-15-9-6-7(16-13-9)10(14)12-8-4-2-3-5-11-8/h2-6H,1H3,(H,11,12,14). The first-order valence-corrected chi connectivity index (χ1v) is 4.52.